The topological polar surface area (TPSA) is 58.4 Å². The minimum atomic E-state index is 0.171. The van der Waals surface area contributed by atoms with Gasteiger partial charge in [-0.25, -0.2) is 4.98 Å². The van der Waals surface area contributed by atoms with Gasteiger partial charge >= 0.3 is 0 Å². The molecule has 2 saturated heterocycles. The number of rotatable bonds is 3. The number of hydrogen-bond acceptors (Lipinski definition) is 5. The van der Waals surface area contributed by atoms with Crippen molar-refractivity contribution in [1.82, 2.24) is 15.2 Å². The molecule has 128 valence electrons. The van der Waals surface area contributed by atoms with Crippen molar-refractivity contribution in [2.45, 2.75) is 32.6 Å². The van der Waals surface area contributed by atoms with Crippen LogP contribution in [0, 0.1) is 12.3 Å². The average Bonchev–Trinajstić information content (AvgIpc) is 3.31. The summed E-state index contributed by atoms with van der Waals surface area (Å²) in [5, 5.41) is 5.47. The summed E-state index contributed by atoms with van der Waals surface area (Å²) in [5.74, 6) is 1.55. The van der Waals surface area contributed by atoms with Gasteiger partial charge in [-0.1, -0.05) is 6.07 Å². The fraction of sp³-hybridized carbons (Fsp3) is 0.556. The molecule has 1 spiro atoms. The largest absolute Gasteiger partial charge is 0.440 e. The third-order valence-corrected chi connectivity index (χ3v) is 6.31. The lowest BCUT2D eigenvalue weighted by Gasteiger charge is -2.38. The lowest BCUT2D eigenvalue weighted by atomic mass is 9.78. The van der Waals surface area contributed by atoms with Gasteiger partial charge < -0.3 is 14.6 Å². The van der Waals surface area contributed by atoms with Gasteiger partial charge in [-0.2, -0.15) is 0 Å². The van der Waals surface area contributed by atoms with E-state index < -0.39 is 0 Å². The van der Waals surface area contributed by atoms with Crippen LogP contribution in [-0.2, 0) is 11.2 Å². The first-order valence-corrected chi connectivity index (χ1v) is 9.52. The first-order valence-electron chi connectivity index (χ1n) is 8.64. The normalized spacial score (nSPS) is 20.0. The molecule has 2 aliphatic heterocycles. The molecule has 2 aliphatic rings. The number of piperidine rings is 1. The molecule has 0 bridgehead atoms. The molecule has 1 amide bonds. The number of nitrogens with zero attached hydrogens (tertiary/aromatic N) is 2. The van der Waals surface area contributed by atoms with E-state index in [-0.39, 0.29) is 5.91 Å². The van der Waals surface area contributed by atoms with E-state index in [2.05, 4.69) is 10.3 Å². The van der Waals surface area contributed by atoms with Crippen LogP contribution in [0.5, 0.6) is 0 Å². The maximum absolute atomic E-state index is 12.7. The highest BCUT2D eigenvalue weighted by Crippen LogP contribution is 2.37. The highest BCUT2D eigenvalue weighted by molar-refractivity contribution is 7.13. The van der Waals surface area contributed by atoms with E-state index in [0.29, 0.717) is 17.7 Å². The van der Waals surface area contributed by atoms with Crippen molar-refractivity contribution in [2.75, 3.05) is 26.2 Å². The van der Waals surface area contributed by atoms with Crippen LogP contribution in [0.4, 0.5) is 0 Å². The van der Waals surface area contributed by atoms with Crippen LogP contribution in [0.25, 0.3) is 10.8 Å². The molecule has 0 atom stereocenters. The van der Waals surface area contributed by atoms with Crippen LogP contribution in [-0.4, -0.2) is 42.0 Å². The highest BCUT2D eigenvalue weighted by atomic mass is 32.1. The predicted molar refractivity (Wildman–Crippen MR) is 94.0 cm³/mol. The molecule has 2 aromatic heterocycles. The monoisotopic (exact) mass is 345 g/mol. The van der Waals surface area contributed by atoms with Gasteiger partial charge in [0.2, 0.25) is 11.8 Å². The second kappa shape index (κ2) is 6.33. The second-order valence-corrected chi connectivity index (χ2v) is 7.93. The number of thiophene rings is 1. The molecule has 4 heterocycles. The van der Waals surface area contributed by atoms with Crippen molar-refractivity contribution < 1.29 is 9.21 Å². The van der Waals surface area contributed by atoms with Crippen molar-refractivity contribution in [3.8, 4) is 10.8 Å². The summed E-state index contributed by atoms with van der Waals surface area (Å²) in [6.45, 7) is 5.87. The van der Waals surface area contributed by atoms with Crippen LogP contribution >= 0.6 is 11.3 Å². The number of nitrogens with one attached hydrogen (secondary N) is 1. The van der Waals surface area contributed by atoms with E-state index in [4.69, 9.17) is 4.42 Å². The summed E-state index contributed by atoms with van der Waals surface area (Å²) in [6.07, 6.45) is 3.82. The molecular formula is C18H23N3O2S. The maximum atomic E-state index is 12.7. The molecule has 0 saturated carbocycles. The van der Waals surface area contributed by atoms with Crippen molar-refractivity contribution in [3.63, 3.8) is 0 Å². The fourth-order valence-electron chi connectivity index (χ4n) is 3.81. The van der Waals surface area contributed by atoms with Crippen molar-refractivity contribution in [1.29, 1.82) is 0 Å². The van der Waals surface area contributed by atoms with E-state index in [1.165, 1.54) is 6.42 Å². The van der Waals surface area contributed by atoms with E-state index >= 15 is 0 Å². The Kier molecular flexibility index (Phi) is 4.18. The molecule has 4 rings (SSSR count). The van der Waals surface area contributed by atoms with Crippen molar-refractivity contribution in [2.24, 2.45) is 5.41 Å². The van der Waals surface area contributed by atoms with Crippen LogP contribution in [0.1, 0.15) is 30.7 Å². The lowest BCUT2D eigenvalue weighted by molar-refractivity contribution is -0.132. The summed E-state index contributed by atoms with van der Waals surface area (Å²) >= 11 is 1.60. The molecule has 0 aromatic carbocycles. The quantitative estimate of drug-likeness (QED) is 0.929. The zero-order valence-electron chi connectivity index (χ0n) is 14.0. The third-order valence-electron chi connectivity index (χ3n) is 5.45. The Bertz CT molecular complexity index is 707. The summed E-state index contributed by atoms with van der Waals surface area (Å²) in [6, 6.07) is 3.97. The SMILES string of the molecule is Cc1oc(-c2cccs2)nc1CC(=O)N1CCC2(CCNC2)CC1. The number of carbonyl (C=O) groups excluding carboxylic acids is 1. The molecule has 2 fully saturated rings. The number of hydrogen-bond donors (Lipinski definition) is 1. The number of likely N-dealkylation sites (tertiary alicyclic amines) is 1. The summed E-state index contributed by atoms with van der Waals surface area (Å²) < 4.78 is 5.74. The van der Waals surface area contributed by atoms with Gasteiger partial charge in [0.05, 0.1) is 17.0 Å². The number of oxazole rings is 1. The number of aromatic nitrogens is 1. The van der Waals surface area contributed by atoms with Crippen LogP contribution in [0.3, 0.4) is 0 Å². The Morgan fingerprint density at radius 3 is 2.92 bits per heavy atom. The number of amides is 1. The van der Waals surface area contributed by atoms with Gasteiger partial charge in [0.1, 0.15) is 5.76 Å². The molecule has 24 heavy (non-hydrogen) atoms. The van der Waals surface area contributed by atoms with Gasteiger partial charge in [0, 0.05) is 19.6 Å². The smallest absolute Gasteiger partial charge is 0.236 e. The first-order chi connectivity index (χ1) is 11.7. The highest BCUT2D eigenvalue weighted by Gasteiger charge is 2.38. The molecule has 1 N–H and O–H groups in total. The van der Waals surface area contributed by atoms with Crippen molar-refractivity contribution >= 4 is 17.2 Å². The molecule has 5 nitrogen and oxygen atoms in total. The second-order valence-electron chi connectivity index (χ2n) is 6.98. The summed E-state index contributed by atoms with van der Waals surface area (Å²) in [5.41, 5.74) is 1.21. The molecular weight excluding hydrogens is 322 g/mol. The van der Waals surface area contributed by atoms with E-state index in [1.54, 1.807) is 11.3 Å². The van der Waals surface area contributed by atoms with E-state index in [9.17, 15) is 4.79 Å². The van der Waals surface area contributed by atoms with Crippen LogP contribution in [0.15, 0.2) is 21.9 Å². The fourth-order valence-corrected chi connectivity index (χ4v) is 4.45. The standard InChI is InChI=1S/C18H23N3O2S/c1-13-14(20-17(23-13)15-3-2-10-24-15)11-16(22)21-8-5-18(6-9-21)4-7-19-12-18/h2-3,10,19H,4-9,11-12H2,1H3. The number of carbonyl (C=O) groups is 1. The van der Waals surface area contributed by atoms with Gasteiger partial charge in [-0.05, 0) is 49.6 Å². The van der Waals surface area contributed by atoms with E-state index in [0.717, 1.165) is 55.4 Å². The van der Waals surface area contributed by atoms with Gasteiger partial charge in [0.25, 0.3) is 0 Å². The Morgan fingerprint density at radius 1 is 1.42 bits per heavy atom. The minimum absolute atomic E-state index is 0.171. The molecule has 0 aliphatic carbocycles. The van der Waals surface area contributed by atoms with Gasteiger partial charge in [-0.15, -0.1) is 11.3 Å². The Labute approximate surface area is 146 Å². The minimum Gasteiger partial charge on any atom is -0.440 e. The molecule has 6 heteroatoms. The van der Waals surface area contributed by atoms with Crippen LogP contribution < -0.4 is 5.32 Å². The Balaban J connectivity index is 1.40. The lowest BCUT2D eigenvalue weighted by Crippen LogP contribution is -2.44. The van der Waals surface area contributed by atoms with Gasteiger partial charge in [-0.3, -0.25) is 4.79 Å². The predicted octanol–water partition coefficient (Wildman–Crippen LogP) is 2.86. The Morgan fingerprint density at radius 2 is 2.25 bits per heavy atom. The molecule has 2 aromatic rings. The van der Waals surface area contributed by atoms with E-state index in [1.807, 2.05) is 29.3 Å². The zero-order chi connectivity index (χ0) is 16.6. The Hall–Kier alpha value is -1.66. The van der Waals surface area contributed by atoms with Gasteiger partial charge in [0.15, 0.2) is 0 Å². The third kappa shape index (κ3) is 3.00. The summed E-state index contributed by atoms with van der Waals surface area (Å²) in [4.78, 5) is 20.2. The zero-order valence-corrected chi connectivity index (χ0v) is 14.8. The molecule has 0 radical (unpaired) electrons. The number of aryl methyl sites for hydroxylation is 1. The van der Waals surface area contributed by atoms with Crippen molar-refractivity contribution in [3.05, 3.63) is 29.0 Å². The maximum Gasteiger partial charge on any atom is 0.236 e. The average molecular weight is 345 g/mol. The van der Waals surface area contributed by atoms with Crippen LogP contribution in [0.2, 0.25) is 0 Å². The molecule has 0 unspecified atom stereocenters. The summed E-state index contributed by atoms with van der Waals surface area (Å²) in [7, 11) is 0. The first kappa shape index (κ1) is 15.8.